The number of carbonyl (C=O) groups excluding carboxylic acids is 2. The molecule has 0 radical (unpaired) electrons. The third kappa shape index (κ3) is 4.13. The van der Waals surface area contributed by atoms with Gasteiger partial charge in [0.25, 0.3) is 5.91 Å². The molecule has 33 heavy (non-hydrogen) atoms. The number of carbonyl (C=O) groups is 2. The van der Waals surface area contributed by atoms with Gasteiger partial charge in [-0.25, -0.2) is 4.98 Å². The van der Waals surface area contributed by atoms with E-state index < -0.39 is 0 Å². The van der Waals surface area contributed by atoms with E-state index in [9.17, 15) is 9.59 Å². The molecule has 0 N–H and O–H groups in total. The highest BCUT2D eigenvalue weighted by Crippen LogP contribution is 2.38. The van der Waals surface area contributed by atoms with Crippen molar-refractivity contribution >= 4 is 46.0 Å². The topological polar surface area (TPSA) is 53.5 Å². The van der Waals surface area contributed by atoms with Gasteiger partial charge in [-0.2, -0.15) is 0 Å². The van der Waals surface area contributed by atoms with Crippen LogP contribution in [0.4, 0.5) is 0 Å². The molecule has 0 bridgehead atoms. The van der Waals surface area contributed by atoms with Gasteiger partial charge in [0.2, 0.25) is 5.91 Å². The quantitative estimate of drug-likeness (QED) is 0.549. The maximum absolute atomic E-state index is 13.8. The van der Waals surface area contributed by atoms with Gasteiger partial charge < -0.3 is 9.80 Å². The van der Waals surface area contributed by atoms with Crippen LogP contribution in [0.25, 0.3) is 22.6 Å². The molecule has 2 aromatic carbocycles. The van der Waals surface area contributed by atoms with Gasteiger partial charge in [0, 0.05) is 43.0 Å². The molecule has 1 aliphatic carbocycles. The average molecular weight is 460 g/mol. The Morgan fingerprint density at radius 2 is 1.67 bits per heavy atom. The van der Waals surface area contributed by atoms with Crippen LogP contribution in [0.5, 0.6) is 0 Å². The molecule has 2 aliphatic rings. The molecule has 3 aromatic rings. The van der Waals surface area contributed by atoms with Crippen molar-refractivity contribution in [3.63, 3.8) is 0 Å². The van der Waals surface area contributed by atoms with Crippen LogP contribution in [0.2, 0.25) is 5.02 Å². The maximum Gasteiger partial charge on any atom is 0.255 e. The van der Waals surface area contributed by atoms with Crippen molar-refractivity contribution in [1.29, 1.82) is 0 Å². The molecule has 1 aliphatic heterocycles. The van der Waals surface area contributed by atoms with E-state index >= 15 is 0 Å². The summed E-state index contributed by atoms with van der Waals surface area (Å²) in [5.41, 5.74) is 5.78. The van der Waals surface area contributed by atoms with Crippen LogP contribution in [0, 0.1) is 0 Å². The third-order valence-corrected chi connectivity index (χ3v) is 6.84. The number of amides is 2. The third-order valence-electron chi connectivity index (χ3n) is 6.59. The lowest BCUT2D eigenvalue weighted by atomic mass is 9.99. The van der Waals surface area contributed by atoms with E-state index in [0.717, 1.165) is 51.7 Å². The molecular formula is C27H26ClN3O2. The molecule has 1 fully saturated rings. The van der Waals surface area contributed by atoms with Crippen LogP contribution < -0.4 is 0 Å². The predicted octanol–water partition coefficient (Wildman–Crippen LogP) is 5.07. The summed E-state index contributed by atoms with van der Waals surface area (Å²) < 4.78 is 0. The van der Waals surface area contributed by atoms with E-state index in [4.69, 9.17) is 16.6 Å². The van der Waals surface area contributed by atoms with Crippen LogP contribution in [0.1, 0.15) is 46.9 Å². The lowest BCUT2D eigenvalue weighted by Crippen LogP contribution is -2.50. The number of hydrogen-bond acceptors (Lipinski definition) is 3. The SMILES string of the molecule is CCC(=O)N1CCN(C(=O)c2c3c(nc4ccccc24)/C(=C\c2ccc(Cl)cc2)CC3)CC1. The molecule has 0 spiro atoms. The Kier molecular flexibility index (Phi) is 5.90. The van der Waals surface area contributed by atoms with Gasteiger partial charge in [0.1, 0.15) is 0 Å². The fourth-order valence-corrected chi connectivity index (χ4v) is 4.95. The molecule has 5 nitrogen and oxygen atoms in total. The highest BCUT2D eigenvalue weighted by atomic mass is 35.5. The second-order valence-corrected chi connectivity index (χ2v) is 9.02. The van der Waals surface area contributed by atoms with Gasteiger partial charge in [-0.1, -0.05) is 48.9 Å². The lowest BCUT2D eigenvalue weighted by molar-refractivity contribution is -0.132. The molecular weight excluding hydrogens is 434 g/mol. The first-order valence-electron chi connectivity index (χ1n) is 11.5. The molecule has 2 amide bonds. The van der Waals surface area contributed by atoms with E-state index in [1.165, 1.54) is 0 Å². The first-order valence-corrected chi connectivity index (χ1v) is 11.9. The van der Waals surface area contributed by atoms with Gasteiger partial charge in [-0.15, -0.1) is 0 Å². The van der Waals surface area contributed by atoms with Gasteiger partial charge in [-0.3, -0.25) is 9.59 Å². The van der Waals surface area contributed by atoms with Crippen molar-refractivity contribution in [3.8, 4) is 0 Å². The molecule has 1 aromatic heterocycles. The normalized spacial score (nSPS) is 17.0. The zero-order valence-electron chi connectivity index (χ0n) is 18.7. The van der Waals surface area contributed by atoms with E-state index in [-0.39, 0.29) is 11.8 Å². The molecule has 5 rings (SSSR count). The number of halogens is 1. The summed E-state index contributed by atoms with van der Waals surface area (Å²) in [6.07, 6.45) is 4.29. The standard InChI is InChI=1S/C27H26ClN3O2/c1-2-24(32)30-13-15-31(16-14-30)27(33)25-21-5-3-4-6-23(21)29-26-19(9-12-22(25)26)17-18-7-10-20(28)11-8-18/h3-8,10-11,17H,2,9,12-16H2,1H3/b19-17-. The molecule has 0 unspecified atom stereocenters. The number of aromatic nitrogens is 1. The number of allylic oxidation sites excluding steroid dienone is 1. The van der Waals surface area contributed by atoms with E-state index in [0.29, 0.717) is 37.6 Å². The maximum atomic E-state index is 13.8. The van der Waals surface area contributed by atoms with E-state index in [1.54, 1.807) is 0 Å². The summed E-state index contributed by atoms with van der Waals surface area (Å²) in [5, 5.41) is 1.61. The second kappa shape index (κ2) is 8.99. The Bertz CT molecular complexity index is 1260. The summed E-state index contributed by atoms with van der Waals surface area (Å²) in [6.45, 7) is 4.17. The van der Waals surface area contributed by atoms with Gasteiger partial charge in [0.05, 0.1) is 16.8 Å². The van der Waals surface area contributed by atoms with Crippen molar-refractivity contribution in [2.24, 2.45) is 0 Å². The van der Waals surface area contributed by atoms with E-state index in [1.807, 2.05) is 65.3 Å². The van der Waals surface area contributed by atoms with Crippen molar-refractivity contribution in [2.75, 3.05) is 26.2 Å². The van der Waals surface area contributed by atoms with Crippen LogP contribution in [0.15, 0.2) is 48.5 Å². The van der Waals surface area contributed by atoms with Crippen LogP contribution >= 0.6 is 11.6 Å². The highest BCUT2D eigenvalue weighted by molar-refractivity contribution is 6.30. The minimum atomic E-state index is 0.0428. The second-order valence-electron chi connectivity index (χ2n) is 8.58. The number of fused-ring (bicyclic) bond motifs is 2. The van der Waals surface area contributed by atoms with Crippen molar-refractivity contribution in [1.82, 2.24) is 14.8 Å². The minimum Gasteiger partial charge on any atom is -0.339 e. The predicted molar refractivity (Wildman–Crippen MR) is 132 cm³/mol. The van der Waals surface area contributed by atoms with Crippen LogP contribution in [-0.4, -0.2) is 52.8 Å². The molecule has 2 heterocycles. The fourth-order valence-electron chi connectivity index (χ4n) is 4.82. The zero-order valence-corrected chi connectivity index (χ0v) is 19.4. The van der Waals surface area contributed by atoms with Gasteiger partial charge in [-0.05, 0) is 53.8 Å². The Hall–Kier alpha value is -3.18. The van der Waals surface area contributed by atoms with Crippen molar-refractivity contribution < 1.29 is 9.59 Å². The molecule has 6 heteroatoms. The molecule has 1 saturated heterocycles. The average Bonchev–Trinajstić information content (AvgIpc) is 3.25. The van der Waals surface area contributed by atoms with E-state index in [2.05, 4.69) is 6.08 Å². The number of hydrogen-bond donors (Lipinski definition) is 0. The number of rotatable bonds is 3. The van der Waals surface area contributed by atoms with Crippen molar-refractivity contribution in [2.45, 2.75) is 26.2 Å². The zero-order chi connectivity index (χ0) is 22.9. The summed E-state index contributed by atoms with van der Waals surface area (Å²) in [7, 11) is 0. The Morgan fingerprint density at radius 1 is 0.970 bits per heavy atom. The number of nitrogens with zero attached hydrogens (tertiary/aromatic N) is 3. The monoisotopic (exact) mass is 459 g/mol. The summed E-state index contributed by atoms with van der Waals surface area (Å²) in [5.74, 6) is 0.190. The minimum absolute atomic E-state index is 0.0428. The van der Waals surface area contributed by atoms with Crippen LogP contribution in [-0.2, 0) is 11.2 Å². The lowest BCUT2D eigenvalue weighted by Gasteiger charge is -2.35. The summed E-state index contributed by atoms with van der Waals surface area (Å²) >= 11 is 6.04. The Labute approximate surface area is 198 Å². The number of benzene rings is 2. The smallest absolute Gasteiger partial charge is 0.255 e. The number of pyridine rings is 1. The largest absolute Gasteiger partial charge is 0.339 e. The van der Waals surface area contributed by atoms with Crippen molar-refractivity contribution in [3.05, 3.63) is 75.9 Å². The Morgan fingerprint density at radius 3 is 2.39 bits per heavy atom. The first kappa shape index (κ1) is 21.7. The molecule has 0 saturated carbocycles. The van der Waals surface area contributed by atoms with Gasteiger partial charge >= 0.3 is 0 Å². The molecule has 0 atom stereocenters. The van der Waals surface area contributed by atoms with Gasteiger partial charge in [0.15, 0.2) is 0 Å². The fraction of sp³-hybridized carbons (Fsp3) is 0.296. The first-order chi connectivity index (χ1) is 16.0. The number of piperazine rings is 1. The Balaban J connectivity index is 1.53. The molecule has 168 valence electrons. The van der Waals surface area contributed by atoms with Crippen LogP contribution in [0.3, 0.4) is 0 Å². The highest BCUT2D eigenvalue weighted by Gasteiger charge is 2.31. The summed E-state index contributed by atoms with van der Waals surface area (Å²) in [6, 6.07) is 15.7. The summed E-state index contributed by atoms with van der Waals surface area (Å²) in [4.78, 5) is 34.5. The number of para-hydroxylation sites is 1.